The maximum atomic E-state index is 11.4. The SMILES string of the molecule is Nc1c(N2CC(O)CC2=O)nc[nH]c1=O. The molecular formula is C8H10N4O3. The predicted octanol–water partition coefficient (Wildman–Crippen LogP) is -1.55. The number of rotatable bonds is 1. The third kappa shape index (κ3) is 1.57. The van der Waals surface area contributed by atoms with Crippen LogP contribution in [0.1, 0.15) is 6.42 Å². The number of nitrogens with zero attached hydrogens (tertiary/aromatic N) is 2. The Labute approximate surface area is 84.5 Å². The molecule has 1 unspecified atom stereocenters. The van der Waals surface area contributed by atoms with Gasteiger partial charge in [0.25, 0.3) is 5.56 Å². The van der Waals surface area contributed by atoms with Crippen LogP contribution in [0.25, 0.3) is 0 Å². The van der Waals surface area contributed by atoms with Gasteiger partial charge in [0.1, 0.15) is 5.69 Å². The molecule has 1 atom stereocenters. The molecule has 0 saturated carbocycles. The van der Waals surface area contributed by atoms with Crippen molar-refractivity contribution in [2.45, 2.75) is 12.5 Å². The van der Waals surface area contributed by atoms with Crippen molar-refractivity contribution in [3.63, 3.8) is 0 Å². The van der Waals surface area contributed by atoms with Gasteiger partial charge in [-0.25, -0.2) is 4.98 Å². The normalized spacial score (nSPS) is 21.0. The summed E-state index contributed by atoms with van der Waals surface area (Å²) in [5, 5.41) is 9.27. The molecule has 0 bridgehead atoms. The number of amides is 1. The third-order valence-corrected chi connectivity index (χ3v) is 2.23. The number of β-amino-alcohol motifs (C(OH)–C–C–N with tert-alkyl or cyclic N) is 1. The smallest absolute Gasteiger partial charge is 0.276 e. The summed E-state index contributed by atoms with van der Waals surface area (Å²) < 4.78 is 0. The standard InChI is InChI=1S/C8H10N4O3/c9-6-7(10-3-11-8(6)15)12-2-4(13)1-5(12)14/h3-4,13H,1-2,9H2,(H,10,11,15). The molecule has 0 aliphatic carbocycles. The van der Waals surface area contributed by atoms with E-state index in [-0.39, 0.29) is 30.4 Å². The molecule has 1 amide bonds. The number of aromatic amines is 1. The van der Waals surface area contributed by atoms with E-state index in [9.17, 15) is 14.7 Å². The zero-order valence-electron chi connectivity index (χ0n) is 7.80. The number of hydrogen-bond acceptors (Lipinski definition) is 5. The molecule has 7 heteroatoms. The van der Waals surface area contributed by atoms with Crippen LogP contribution in [0.5, 0.6) is 0 Å². The second kappa shape index (κ2) is 3.35. The monoisotopic (exact) mass is 210 g/mol. The van der Waals surface area contributed by atoms with Crippen molar-refractivity contribution in [2.75, 3.05) is 17.2 Å². The van der Waals surface area contributed by atoms with Gasteiger partial charge in [-0.15, -0.1) is 0 Å². The number of aliphatic hydroxyl groups excluding tert-OH is 1. The van der Waals surface area contributed by atoms with Crippen molar-refractivity contribution < 1.29 is 9.90 Å². The van der Waals surface area contributed by atoms with Gasteiger partial charge in [-0.2, -0.15) is 0 Å². The van der Waals surface area contributed by atoms with Gasteiger partial charge in [0, 0.05) is 0 Å². The first-order valence-electron chi connectivity index (χ1n) is 4.41. The maximum absolute atomic E-state index is 11.4. The number of nitrogen functional groups attached to an aromatic ring is 1. The fourth-order valence-corrected chi connectivity index (χ4v) is 1.51. The highest BCUT2D eigenvalue weighted by Crippen LogP contribution is 2.21. The number of carbonyl (C=O) groups excluding carboxylic acids is 1. The first-order valence-corrected chi connectivity index (χ1v) is 4.41. The molecule has 1 fully saturated rings. The second-order valence-corrected chi connectivity index (χ2v) is 3.33. The van der Waals surface area contributed by atoms with E-state index < -0.39 is 11.7 Å². The lowest BCUT2D eigenvalue weighted by Gasteiger charge is -2.15. The van der Waals surface area contributed by atoms with E-state index in [1.807, 2.05) is 0 Å². The number of anilines is 2. The number of nitrogens with one attached hydrogen (secondary N) is 1. The minimum atomic E-state index is -0.724. The lowest BCUT2D eigenvalue weighted by Crippen LogP contribution is -2.29. The zero-order chi connectivity index (χ0) is 11.0. The van der Waals surface area contributed by atoms with Crippen molar-refractivity contribution in [1.29, 1.82) is 0 Å². The molecule has 2 rings (SSSR count). The van der Waals surface area contributed by atoms with Crippen LogP contribution in [0, 0.1) is 0 Å². The molecule has 7 nitrogen and oxygen atoms in total. The van der Waals surface area contributed by atoms with Crippen molar-refractivity contribution in [2.24, 2.45) is 0 Å². The molecular weight excluding hydrogens is 200 g/mol. The van der Waals surface area contributed by atoms with Gasteiger partial charge in [0.2, 0.25) is 5.91 Å². The molecule has 2 heterocycles. The number of hydrogen-bond donors (Lipinski definition) is 3. The molecule has 15 heavy (non-hydrogen) atoms. The highest BCUT2D eigenvalue weighted by molar-refractivity contribution is 5.97. The topological polar surface area (TPSA) is 112 Å². The molecule has 1 aliphatic rings. The number of carbonyl (C=O) groups is 1. The Morgan fingerprint density at radius 3 is 2.93 bits per heavy atom. The van der Waals surface area contributed by atoms with E-state index in [0.29, 0.717) is 0 Å². The first-order chi connectivity index (χ1) is 7.09. The average Bonchev–Trinajstić information content (AvgIpc) is 2.50. The first kappa shape index (κ1) is 9.66. The van der Waals surface area contributed by atoms with Crippen molar-refractivity contribution in [1.82, 2.24) is 9.97 Å². The molecule has 1 aliphatic heterocycles. The summed E-state index contributed by atoms with van der Waals surface area (Å²) >= 11 is 0. The van der Waals surface area contributed by atoms with Crippen molar-refractivity contribution in [3.8, 4) is 0 Å². The summed E-state index contributed by atoms with van der Waals surface area (Å²) in [6.45, 7) is 0.124. The molecule has 1 saturated heterocycles. The minimum absolute atomic E-state index is 0.0356. The molecule has 1 aromatic heterocycles. The summed E-state index contributed by atoms with van der Waals surface area (Å²) in [5.41, 5.74) is 4.89. The maximum Gasteiger partial charge on any atom is 0.276 e. The number of aromatic nitrogens is 2. The van der Waals surface area contributed by atoms with Gasteiger partial charge in [0.05, 0.1) is 25.4 Å². The van der Waals surface area contributed by atoms with Crippen LogP contribution in [0.3, 0.4) is 0 Å². The fraction of sp³-hybridized carbons (Fsp3) is 0.375. The summed E-state index contributed by atoms with van der Waals surface area (Å²) in [6.07, 6.45) is 0.484. The predicted molar refractivity (Wildman–Crippen MR) is 52.2 cm³/mol. The molecule has 4 N–H and O–H groups in total. The molecule has 1 aromatic rings. The number of nitrogens with two attached hydrogens (primary N) is 1. The Morgan fingerprint density at radius 2 is 2.33 bits per heavy atom. The summed E-state index contributed by atoms with van der Waals surface area (Å²) in [6, 6.07) is 0. The summed E-state index contributed by atoms with van der Waals surface area (Å²) in [4.78, 5) is 29.9. The summed E-state index contributed by atoms with van der Waals surface area (Å²) in [7, 11) is 0. The van der Waals surface area contributed by atoms with E-state index in [2.05, 4.69) is 9.97 Å². The quantitative estimate of drug-likeness (QED) is 0.519. The summed E-state index contributed by atoms with van der Waals surface area (Å²) in [5.74, 6) is -0.174. The van der Waals surface area contributed by atoms with Crippen molar-refractivity contribution in [3.05, 3.63) is 16.7 Å². The van der Waals surface area contributed by atoms with Crippen LogP contribution in [-0.2, 0) is 4.79 Å². The largest absolute Gasteiger partial charge is 0.391 e. The van der Waals surface area contributed by atoms with E-state index in [1.54, 1.807) is 0 Å². The van der Waals surface area contributed by atoms with Gasteiger partial charge in [-0.1, -0.05) is 0 Å². The highest BCUT2D eigenvalue weighted by Gasteiger charge is 2.31. The number of H-pyrrole nitrogens is 1. The van der Waals surface area contributed by atoms with Gasteiger partial charge < -0.3 is 15.8 Å². The second-order valence-electron chi connectivity index (χ2n) is 3.33. The van der Waals surface area contributed by atoms with E-state index in [4.69, 9.17) is 5.73 Å². The van der Waals surface area contributed by atoms with E-state index in [1.165, 1.54) is 11.2 Å². The van der Waals surface area contributed by atoms with Crippen LogP contribution in [-0.4, -0.2) is 33.6 Å². The van der Waals surface area contributed by atoms with E-state index >= 15 is 0 Å². The van der Waals surface area contributed by atoms with Crippen LogP contribution in [0.4, 0.5) is 11.5 Å². The number of aliphatic hydroxyl groups is 1. The van der Waals surface area contributed by atoms with Crippen LogP contribution >= 0.6 is 0 Å². The molecule has 80 valence electrons. The van der Waals surface area contributed by atoms with Crippen LogP contribution in [0.2, 0.25) is 0 Å². The van der Waals surface area contributed by atoms with Gasteiger partial charge in [-0.3, -0.25) is 14.5 Å². The molecule has 0 radical (unpaired) electrons. The highest BCUT2D eigenvalue weighted by atomic mass is 16.3. The Hall–Kier alpha value is -1.89. The van der Waals surface area contributed by atoms with Crippen molar-refractivity contribution >= 4 is 17.4 Å². The Kier molecular flexibility index (Phi) is 2.16. The van der Waals surface area contributed by atoms with Crippen LogP contribution in [0.15, 0.2) is 11.1 Å². The van der Waals surface area contributed by atoms with E-state index in [0.717, 1.165) is 0 Å². The van der Waals surface area contributed by atoms with Gasteiger partial charge >= 0.3 is 0 Å². The molecule has 0 aromatic carbocycles. The lowest BCUT2D eigenvalue weighted by molar-refractivity contribution is -0.117. The minimum Gasteiger partial charge on any atom is -0.391 e. The Morgan fingerprint density at radius 1 is 1.60 bits per heavy atom. The van der Waals surface area contributed by atoms with Gasteiger partial charge in [-0.05, 0) is 0 Å². The van der Waals surface area contributed by atoms with Crippen LogP contribution < -0.4 is 16.2 Å². The average molecular weight is 210 g/mol. The Bertz CT molecular complexity index is 455. The fourth-order valence-electron chi connectivity index (χ4n) is 1.51. The molecule has 0 spiro atoms. The lowest BCUT2D eigenvalue weighted by atomic mass is 10.3. The Balaban J connectivity index is 2.42. The zero-order valence-corrected chi connectivity index (χ0v) is 7.80. The van der Waals surface area contributed by atoms with Gasteiger partial charge in [0.15, 0.2) is 5.82 Å². The third-order valence-electron chi connectivity index (χ3n) is 2.23.